The number of carbonyl (C=O) groups excluding carboxylic acids is 1. The molecule has 4 nitrogen and oxygen atoms in total. The minimum absolute atomic E-state index is 0.181. The van der Waals surface area contributed by atoms with Crippen LogP contribution in [0.3, 0.4) is 0 Å². The zero-order chi connectivity index (χ0) is 13.0. The maximum Gasteiger partial charge on any atom is 0.252 e. The SMILES string of the molecule is O=C(NCCc1ncc[nH]1)c1cccc(F)c1Br. The van der Waals surface area contributed by atoms with Gasteiger partial charge >= 0.3 is 0 Å². The molecule has 94 valence electrons. The normalized spacial score (nSPS) is 10.3. The summed E-state index contributed by atoms with van der Waals surface area (Å²) in [6, 6.07) is 4.36. The van der Waals surface area contributed by atoms with Crippen molar-refractivity contribution in [3.05, 3.63) is 52.3 Å². The molecule has 2 N–H and O–H groups in total. The summed E-state index contributed by atoms with van der Waals surface area (Å²) in [4.78, 5) is 18.8. The second-order valence-electron chi connectivity index (χ2n) is 3.64. The first kappa shape index (κ1) is 12.8. The van der Waals surface area contributed by atoms with Crippen LogP contribution in [0.4, 0.5) is 4.39 Å². The van der Waals surface area contributed by atoms with E-state index in [1.165, 1.54) is 12.1 Å². The van der Waals surface area contributed by atoms with E-state index in [-0.39, 0.29) is 15.9 Å². The van der Waals surface area contributed by atoms with Gasteiger partial charge in [-0.15, -0.1) is 0 Å². The molecule has 1 heterocycles. The van der Waals surface area contributed by atoms with Crippen LogP contribution in [0.15, 0.2) is 35.1 Å². The predicted molar refractivity (Wildman–Crippen MR) is 68.7 cm³/mol. The summed E-state index contributed by atoms with van der Waals surface area (Å²) in [7, 11) is 0. The Bertz CT molecular complexity index is 542. The molecule has 0 unspecified atom stereocenters. The highest BCUT2D eigenvalue weighted by Gasteiger charge is 2.12. The van der Waals surface area contributed by atoms with Crippen LogP contribution in [0.2, 0.25) is 0 Å². The number of aromatic amines is 1. The average molecular weight is 312 g/mol. The summed E-state index contributed by atoms with van der Waals surface area (Å²) >= 11 is 3.06. The van der Waals surface area contributed by atoms with E-state index in [4.69, 9.17) is 0 Å². The lowest BCUT2D eigenvalue weighted by Crippen LogP contribution is -2.26. The molecular formula is C12H11BrFN3O. The van der Waals surface area contributed by atoms with Crippen LogP contribution in [0.25, 0.3) is 0 Å². The molecule has 18 heavy (non-hydrogen) atoms. The van der Waals surface area contributed by atoms with E-state index in [2.05, 4.69) is 31.2 Å². The molecular weight excluding hydrogens is 301 g/mol. The lowest BCUT2D eigenvalue weighted by atomic mass is 10.2. The van der Waals surface area contributed by atoms with Crippen molar-refractivity contribution >= 4 is 21.8 Å². The second kappa shape index (κ2) is 5.77. The molecule has 0 atom stereocenters. The van der Waals surface area contributed by atoms with E-state index in [1.54, 1.807) is 18.5 Å². The maximum absolute atomic E-state index is 13.2. The Morgan fingerprint density at radius 3 is 3.06 bits per heavy atom. The standard InChI is InChI=1S/C12H11BrFN3O/c13-11-8(2-1-3-9(11)14)12(18)17-5-4-10-15-6-7-16-10/h1-3,6-7H,4-5H2,(H,15,16)(H,17,18). The summed E-state index contributed by atoms with van der Waals surface area (Å²) in [6.07, 6.45) is 3.98. The molecule has 0 saturated heterocycles. The van der Waals surface area contributed by atoms with Gasteiger partial charge in [0.15, 0.2) is 0 Å². The van der Waals surface area contributed by atoms with Gasteiger partial charge < -0.3 is 10.3 Å². The lowest BCUT2D eigenvalue weighted by molar-refractivity contribution is 0.0952. The number of nitrogens with one attached hydrogen (secondary N) is 2. The van der Waals surface area contributed by atoms with Crippen molar-refractivity contribution in [2.24, 2.45) is 0 Å². The van der Waals surface area contributed by atoms with Gasteiger partial charge in [-0.05, 0) is 28.1 Å². The fourth-order valence-corrected chi connectivity index (χ4v) is 1.95. The number of H-pyrrole nitrogens is 1. The number of carbonyl (C=O) groups is 1. The number of nitrogens with zero attached hydrogens (tertiary/aromatic N) is 1. The smallest absolute Gasteiger partial charge is 0.252 e. The van der Waals surface area contributed by atoms with Crippen molar-refractivity contribution in [3.8, 4) is 0 Å². The van der Waals surface area contributed by atoms with Crippen molar-refractivity contribution in [1.29, 1.82) is 0 Å². The molecule has 0 fully saturated rings. The lowest BCUT2D eigenvalue weighted by Gasteiger charge is -2.06. The minimum Gasteiger partial charge on any atom is -0.352 e. The van der Waals surface area contributed by atoms with Gasteiger partial charge in [0, 0.05) is 25.4 Å². The molecule has 0 aliphatic heterocycles. The number of benzene rings is 1. The molecule has 0 saturated carbocycles. The molecule has 1 amide bonds. The predicted octanol–water partition coefficient (Wildman–Crippen LogP) is 2.28. The van der Waals surface area contributed by atoms with Crippen molar-refractivity contribution in [2.45, 2.75) is 6.42 Å². The first-order chi connectivity index (χ1) is 8.68. The van der Waals surface area contributed by atoms with Gasteiger partial charge in [0.05, 0.1) is 10.0 Å². The van der Waals surface area contributed by atoms with Crippen LogP contribution in [-0.4, -0.2) is 22.4 Å². The van der Waals surface area contributed by atoms with E-state index in [0.29, 0.717) is 13.0 Å². The summed E-state index contributed by atoms with van der Waals surface area (Å²) in [5, 5.41) is 2.71. The van der Waals surface area contributed by atoms with E-state index in [9.17, 15) is 9.18 Å². The minimum atomic E-state index is -0.450. The van der Waals surface area contributed by atoms with Crippen LogP contribution in [0, 0.1) is 5.82 Å². The van der Waals surface area contributed by atoms with Gasteiger partial charge in [-0.1, -0.05) is 6.07 Å². The fourth-order valence-electron chi connectivity index (χ4n) is 1.50. The third kappa shape index (κ3) is 2.95. The molecule has 2 aromatic rings. The average Bonchev–Trinajstić information content (AvgIpc) is 2.85. The number of hydrogen-bond acceptors (Lipinski definition) is 2. The zero-order valence-electron chi connectivity index (χ0n) is 9.41. The van der Waals surface area contributed by atoms with Crippen LogP contribution >= 0.6 is 15.9 Å². The fraction of sp³-hybridized carbons (Fsp3) is 0.167. The largest absolute Gasteiger partial charge is 0.352 e. The van der Waals surface area contributed by atoms with E-state index < -0.39 is 5.82 Å². The highest BCUT2D eigenvalue weighted by atomic mass is 79.9. The molecule has 1 aromatic heterocycles. The Hall–Kier alpha value is -1.69. The van der Waals surface area contributed by atoms with Gasteiger partial charge in [0.25, 0.3) is 5.91 Å². The van der Waals surface area contributed by atoms with Crippen LogP contribution in [-0.2, 0) is 6.42 Å². The van der Waals surface area contributed by atoms with Gasteiger partial charge in [0.2, 0.25) is 0 Å². The molecule has 2 rings (SSSR count). The summed E-state index contributed by atoms with van der Waals surface area (Å²) in [5.74, 6) is 0.0372. The number of rotatable bonds is 4. The molecule has 0 radical (unpaired) electrons. The molecule has 0 aliphatic rings. The number of hydrogen-bond donors (Lipinski definition) is 2. The van der Waals surface area contributed by atoms with Gasteiger partial charge in [-0.3, -0.25) is 4.79 Å². The van der Waals surface area contributed by atoms with Crippen LogP contribution in [0.5, 0.6) is 0 Å². The Morgan fingerprint density at radius 2 is 2.33 bits per heavy atom. The first-order valence-corrected chi connectivity index (χ1v) is 6.18. The molecule has 0 bridgehead atoms. The number of halogens is 2. The van der Waals surface area contributed by atoms with Crippen molar-refractivity contribution < 1.29 is 9.18 Å². The third-order valence-corrected chi connectivity index (χ3v) is 3.20. The van der Waals surface area contributed by atoms with Gasteiger partial charge in [-0.25, -0.2) is 9.37 Å². The van der Waals surface area contributed by atoms with Gasteiger partial charge in [0.1, 0.15) is 11.6 Å². The van der Waals surface area contributed by atoms with Crippen LogP contribution in [0.1, 0.15) is 16.2 Å². The third-order valence-electron chi connectivity index (χ3n) is 2.40. The van der Waals surface area contributed by atoms with Crippen LogP contribution < -0.4 is 5.32 Å². The Kier molecular flexibility index (Phi) is 4.09. The Balaban J connectivity index is 1.93. The van der Waals surface area contributed by atoms with Crippen molar-refractivity contribution in [3.63, 3.8) is 0 Å². The first-order valence-electron chi connectivity index (χ1n) is 5.39. The van der Waals surface area contributed by atoms with E-state index in [1.807, 2.05) is 0 Å². The number of amides is 1. The van der Waals surface area contributed by atoms with Crippen molar-refractivity contribution in [2.75, 3.05) is 6.54 Å². The monoisotopic (exact) mass is 311 g/mol. The summed E-state index contributed by atoms with van der Waals surface area (Å²) in [6.45, 7) is 0.440. The van der Waals surface area contributed by atoms with E-state index >= 15 is 0 Å². The Labute approximate surface area is 112 Å². The van der Waals surface area contributed by atoms with E-state index in [0.717, 1.165) is 5.82 Å². The topological polar surface area (TPSA) is 57.8 Å². The quantitative estimate of drug-likeness (QED) is 0.910. The molecule has 0 spiro atoms. The summed E-state index contributed by atoms with van der Waals surface area (Å²) in [5.41, 5.74) is 0.287. The molecule has 0 aliphatic carbocycles. The summed E-state index contributed by atoms with van der Waals surface area (Å²) < 4.78 is 13.4. The number of imidazole rings is 1. The highest BCUT2D eigenvalue weighted by molar-refractivity contribution is 9.10. The second-order valence-corrected chi connectivity index (χ2v) is 4.44. The van der Waals surface area contributed by atoms with Gasteiger partial charge in [-0.2, -0.15) is 0 Å². The maximum atomic E-state index is 13.2. The molecule has 1 aromatic carbocycles. The molecule has 6 heteroatoms. The zero-order valence-corrected chi connectivity index (χ0v) is 11.0. The number of aromatic nitrogens is 2. The van der Waals surface area contributed by atoms with Crippen molar-refractivity contribution in [1.82, 2.24) is 15.3 Å². The Morgan fingerprint density at radius 1 is 1.50 bits per heavy atom. The highest BCUT2D eigenvalue weighted by Crippen LogP contribution is 2.20.